The first-order valence-electron chi connectivity index (χ1n) is 5.95. The molecule has 1 nitrogen and oxygen atoms in total. The van der Waals surface area contributed by atoms with Gasteiger partial charge in [-0.25, -0.2) is 0 Å². The van der Waals surface area contributed by atoms with Crippen molar-refractivity contribution in [2.45, 2.75) is 58.0 Å². The average molecular weight is 182 g/mol. The maximum atomic E-state index is 9.57. The fourth-order valence-electron chi connectivity index (χ4n) is 3.35. The van der Waals surface area contributed by atoms with Gasteiger partial charge in [0.25, 0.3) is 0 Å². The molecule has 2 rings (SSSR count). The Morgan fingerprint density at radius 3 is 2.38 bits per heavy atom. The zero-order chi connectivity index (χ0) is 9.26. The van der Waals surface area contributed by atoms with Gasteiger partial charge in [0.05, 0.1) is 6.10 Å². The molecular formula is C12H22O. The molecule has 0 bridgehead atoms. The quantitative estimate of drug-likeness (QED) is 0.661. The summed E-state index contributed by atoms with van der Waals surface area (Å²) in [6.07, 6.45) is 9.71. The lowest BCUT2D eigenvalue weighted by Gasteiger charge is -2.40. The van der Waals surface area contributed by atoms with Gasteiger partial charge in [0, 0.05) is 0 Å². The van der Waals surface area contributed by atoms with Crippen LogP contribution >= 0.6 is 0 Å². The van der Waals surface area contributed by atoms with E-state index in [-0.39, 0.29) is 6.10 Å². The van der Waals surface area contributed by atoms with Crippen LogP contribution in [0, 0.1) is 17.8 Å². The van der Waals surface area contributed by atoms with Gasteiger partial charge in [0.1, 0.15) is 0 Å². The minimum Gasteiger partial charge on any atom is -0.393 e. The highest BCUT2D eigenvalue weighted by Gasteiger charge is 2.33. The van der Waals surface area contributed by atoms with E-state index in [9.17, 15) is 5.11 Å². The van der Waals surface area contributed by atoms with E-state index in [0.717, 1.165) is 11.8 Å². The molecule has 0 spiro atoms. The van der Waals surface area contributed by atoms with E-state index in [1.807, 2.05) is 6.92 Å². The van der Waals surface area contributed by atoms with Crippen molar-refractivity contribution in [2.24, 2.45) is 17.8 Å². The third-order valence-corrected chi connectivity index (χ3v) is 4.26. The smallest absolute Gasteiger partial charge is 0.0540 e. The largest absolute Gasteiger partial charge is 0.393 e. The first kappa shape index (κ1) is 9.51. The van der Waals surface area contributed by atoms with Gasteiger partial charge in [0.2, 0.25) is 0 Å². The molecule has 0 aromatic rings. The average Bonchev–Trinajstić information content (AvgIpc) is 2.17. The molecule has 3 unspecified atom stereocenters. The summed E-state index contributed by atoms with van der Waals surface area (Å²) in [5.41, 5.74) is 0. The highest BCUT2D eigenvalue weighted by molar-refractivity contribution is 4.84. The highest BCUT2D eigenvalue weighted by Crippen LogP contribution is 2.43. The van der Waals surface area contributed by atoms with Gasteiger partial charge >= 0.3 is 0 Å². The normalized spacial score (nSPS) is 42.5. The van der Waals surface area contributed by atoms with Crippen molar-refractivity contribution in [1.29, 1.82) is 0 Å². The second kappa shape index (κ2) is 4.00. The second-order valence-corrected chi connectivity index (χ2v) is 5.12. The molecule has 2 saturated carbocycles. The number of hydrogen-bond acceptors (Lipinski definition) is 1. The Morgan fingerprint density at radius 1 is 1.00 bits per heavy atom. The van der Waals surface area contributed by atoms with Gasteiger partial charge in [0.15, 0.2) is 0 Å². The predicted octanol–water partition coefficient (Wildman–Crippen LogP) is 2.97. The third kappa shape index (κ3) is 2.07. The molecule has 13 heavy (non-hydrogen) atoms. The number of fused-ring (bicyclic) bond motifs is 1. The predicted molar refractivity (Wildman–Crippen MR) is 54.5 cm³/mol. The Bertz CT molecular complexity index is 165. The molecule has 0 aromatic carbocycles. The minimum absolute atomic E-state index is 0.0668. The van der Waals surface area contributed by atoms with Crippen molar-refractivity contribution < 1.29 is 5.11 Å². The molecule has 2 aliphatic rings. The summed E-state index contributed by atoms with van der Waals surface area (Å²) in [6, 6.07) is 0. The molecule has 2 fully saturated rings. The Kier molecular flexibility index (Phi) is 2.92. The fourth-order valence-corrected chi connectivity index (χ4v) is 3.35. The molecule has 1 heteroatoms. The topological polar surface area (TPSA) is 20.2 Å². The molecule has 0 radical (unpaired) electrons. The Morgan fingerprint density at radius 2 is 1.69 bits per heavy atom. The van der Waals surface area contributed by atoms with Crippen molar-refractivity contribution in [3.05, 3.63) is 0 Å². The second-order valence-electron chi connectivity index (χ2n) is 5.12. The SMILES string of the molecule is C[C@H](O)C1CCC2CCCCC2C1. The van der Waals surface area contributed by atoms with E-state index < -0.39 is 0 Å². The highest BCUT2D eigenvalue weighted by atomic mass is 16.3. The fraction of sp³-hybridized carbons (Fsp3) is 1.00. The molecule has 0 heterocycles. The molecule has 0 aliphatic heterocycles. The first-order valence-corrected chi connectivity index (χ1v) is 5.95. The maximum absolute atomic E-state index is 9.57. The van der Waals surface area contributed by atoms with E-state index in [1.165, 1.54) is 44.9 Å². The lowest BCUT2D eigenvalue weighted by Crippen LogP contribution is -2.32. The van der Waals surface area contributed by atoms with Crippen molar-refractivity contribution >= 4 is 0 Å². The number of hydrogen-bond donors (Lipinski definition) is 1. The van der Waals surface area contributed by atoms with Crippen LogP contribution in [0.3, 0.4) is 0 Å². The van der Waals surface area contributed by atoms with Crippen LogP contribution < -0.4 is 0 Å². The zero-order valence-electron chi connectivity index (χ0n) is 8.71. The lowest BCUT2D eigenvalue weighted by molar-refractivity contribution is 0.0459. The molecule has 0 saturated heterocycles. The molecular weight excluding hydrogens is 160 g/mol. The van der Waals surface area contributed by atoms with Crippen LogP contribution in [0.2, 0.25) is 0 Å². The van der Waals surface area contributed by atoms with Gasteiger partial charge in [-0.1, -0.05) is 25.7 Å². The summed E-state index contributed by atoms with van der Waals surface area (Å²) >= 11 is 0. The molecule has 0 aromatic heterocycles. The van der Waals surface area contributed by atoms with Gasteiger partial charge in [-0.2, -0.15) is 0 Å². The van der Waals surface area contributed by atoms with E-state index in [2.05, 4.69) is 0 Å². The summed E-state index contributed by atoms with van der Waals surface area (Å²) < 4.78 is 0. The van der Waals surface area contributed by atoms with E-state index >= 15 is 0 Å². The summed E-state index contributed by atoms with van der Waals surface area (Å²) in [4.78, 5) is 0. The van der Waals surface area contributed by atoms with Crippen molar-refractivity contribution in [3.63, 3.8) is 0 Å². The third-order valence-electron chi connectivity index (χ3n) is 4.26. The van der Waals surface area contributed by atoms with Gasteiger partial charge in [-0.3, -0.25) is 0 Å². The van der Waals surface area contributed by atoms with Crippen LogP contribution in [0.1, 0.15) is 51.9 Å². The van der Waals surface area contributed by atoms with Crippen LogP contribution in [0.5, 0.6) is 0 Å². The maximum Gasteiger partial charge on any atom is 0.0540 e. The number of rotatable bonds is 1. The number of aliphatic hydroxyl groups is 1. The number of aliphatic hydroxyl groups excluding tert-OH is 1. The molecule has 0 amide bonds. The lowest BCUT2D eigenvalue weighted by atomic mass is 9.66. The molecule has 2 aliphatic carbocycles. The summed E-state index contributed by atoms with van der Waals surface area (Å²) in [7, 11) is 0. The zero-order valence-corrected chi connectivity index (χ0v) is 8.71. The monoisotopic (exact) mass is 182 g/mol. The van der Waals surface area contributed by atoms with Crippen LogP contribution in [0.4, 0.5) is 0 Å². The summed E-state index contributed by atoms with van der Waals surface area (Å²) in [6.45, 7) is 1.97. The summed E-state index contributed by atoms with van der Waals surface area (Å²) in [5, 5.41) is 9.57. The van der Waals surface area contributed by atoms with Crippen molar-refractivity contribution in [2.75, 3.05) is 0 Å². The van der Waals surface area contributed by atoms with Crippen LogP contribution in [0.15, 0.2) is 0 Å². The van der Waals surface area contributed by atoms with E-state index in [0.29, 0.717) is 5.92 Å². The Hall–Kier alpha value is -0.0400. The molecule has 76 valence electrons. The summed E-state index contributed by atoms with van der Waals surface area (Å²) in [5.74, 6) is 2.59. The van der Waals surface area contributed by atoms with Gasteiger partial charge in [-0.15, -0.1) is 0 Å². The van der Waals surface area contributed by atoms with E-state index in [4.69, 9.17) is 0 Å². The van der Waals surface area contributed by atoms with Crippen LogP contribution in [-0.4, -0.2) is 11.2 Å². The van der Waals surface area contributed by atoms with Crippen molar-refractivity contribution in [3.8, 4) is 0 Å². The van der Waals surface area contributed by atoms with Crippen LogP contribution in [0.25, 0.3) is 0 Å². The molecule has 1 N–H and O–H groups in total. The van der Waals surface area contributed by atoms with E-state index in [1.54, 1.807) is 0 Å². The van der Waals surface area contributed by atoms with Gasteiger partial charge in [-0.05, 0) is 43.9 Å². The Balaban J connectivity index is 1.91. The van der Waals surface area contributed by atoms with Gasteiger partial charge < -0.3 is 5.11 Å². The molecule has 4 atom stereocenters. The van der Waals surface area contributed by atoms with Crippen LogP contribution in [-0.2, 0) is 0 Å². The van der Waals surface area contributed by atoms with Crippen molar-refractivity contribution in [1.82, 2.24) is 0 Å². The first-order chi connectivity index (χ1) is 6.27. The standard InChI is InChI=1S/C12H22O/c1-9(13)11-7-6-10-4-2-3-5-12(10)8-11/h9-13H,2-8H2,1H3/t9-,10?,11?,12?/m0/s1. The Labute approximate surface area is 81.5 Å². The minimum atomic E-state index is -0.0668.